The van der Waals surface area contributed by atoms with E-state index in [2.05, 4.69) is 55.4 Å². The fraction of sp³-hybridized carbons (Fsp3) is 0.950. The van der Waals surface area contributed by atoms with Crippen LogP contribution in [0.15, 0.2) is 0 Å². The van der Waals surface area contributed by atoms with Gasteiger partial charge in [-0.05, 0) is 49.4 Å². The predicted octanol–water partition coefficient (Wildman–Crippen LogP) is 23.6. The smallest absolute Gasteiger partial charge is 0.462 e. The maximum absolute atomic E-state index is 13.1. The van der Waals surface area contributed by atoms with E-state index in [0.717, 1.165) is 120 Å². The van der Waals surface area contributed by atoms with E-state index >= 15 is 0 Å². The first kappa shape index (κ1) is 97.1. The Bertz CT molecular complexity index is 1940. The van der Waals surface area contributed by atoms with Crippen LogP contribution in [0.4, 0.5) is 0 Å². The summed E-state index contributed by atoms with van der Waals surface area (Å²) in [6, 6.07) is 0. The molecule has 0 aromatic carbocycles. The van der Waals surface area contributed by atoms with Gasteiger partial charge in [-0.3, -0.25) is 37.3 Å². The molecule has 0 aliphatic carbocycles. The topological polar surface area (TPSA) is 237 Å². The first-order chi connectivity index (χ1) is 47.7. The van der Waals surface area contributed by atoms with Crippen LogP contribution in [-0.4, -0.2) is 96.7 Å². The molecule has 0 aliphatic rings. The average Bonchev–Trinajstić information content (AvgIpc) is 1.27. The Morgan fingerprint density at radius 1 is 0.283 bits per heavy atom. The average molecular weight is 1450 g/mol. The molecule has 0 heterocycles. The number of esters is 4. The van der Waals surface area contributed by atoms with Crippen LogP contribution in [-0.2, 0) is 65.4 Å². The van der Waals surface area contributed by atoms with E-state index < -0.39 is 97.5 Å². The lowest BCUT2D eigenvalue weighted by atomic mass is 9.99. The van der Waals surface area contributed by atoms with Gasteiger partial charge in [-0.2, -0.15) is 0 Å². The van der Waals surface area contributed by atoms with Crippen LogP contribution in [0.3, 0.4) is 0 Å². The van der Waals surface area contributed by atoms with Gasteiger partial charge in [-0.25, -0.2) is 9.13 Å². The van der Waals surface area contributed by atoms with Crippen molar-refractivity contribution in [1.29, 1.82) is 0 Å². The molecule has 588 valence electrons. The van der Waals surface area contributed by atoms with Crippen LogP contribution in [0.5, 0.6) is 0 Å². The van der Waals surface area contributed by atoms with E-state index in [1.54, 1.807) is 0 Å². The van der Waals surface area contributed by atoms with Crippen LogP contribution in [0.2, 0.25) is 0 Å². The number of hydrogen-bond donors (Lipinski definition) is 3. The summed E-state index contributed by atoms with van der Waals surface area (Å²) < 4.78 is 68.6. The Balaban J connectivity index is 5.14. The van der Waals surface area contributed by atoms with Crippen molar-refractivity contribution < 1.29 is 80.2 Å². The van der Waals surface area contributed by atoms with Crippen molar-refractivity contribution in [2.75, 3.05) is 39.6 Å². The van der Waals surface area contributed by atoms with Crippen molar-refractivity contribution in [3.05, 3.63) is 0 Å². The molecule has 0 aliphatic heterocycles. The molecule has 0 saturated carbocycles. The predicted molar refractivity (Wildman–Crippen MR) is 404 cm³/mol. The van der Waals surface area contributed by atoms with Gasteiger partial charge in [0.1, 0.15) is 19.3 Å². The maximum atomic E-state index is 13.1. The van der Waals surface area contributed by atoms with Gasteiger partial charge in [0.25, 0.3) is 0 Å². The molecule has 19 heteroatoms. The lowest BCUT2D eigenvalue weighted by Crippen LogP contribution is -2.30. The molecule has 0 saturated heterocycles. The number of hydrogen-bond acceptors (Lipinski definition) is 15. The quantitative estimate of drug-likeness (QED) is 0.0222. The number of phosphoric acid groups is 2. The minimum Gasteiger partial charge on any atom is -0.462 e. The zero-order chi connectivity index (χ0) is 73.1. The van der Waals surface area contributed by atoms with Crippen molar-refractivity contribution >= 4 is 39.5 Å². The van der Waals surface area contributed by atoms with Crippen molar-refractivity contribution in [3.63, 3.8) is 0 Å². The number of ether oxygens (including phenoxy) is 4. The van der Waals surface area contributed by atoms with Gasteiger partial charge in [0, 0.05) is 25.7 Å². The van der Waals surface area contributed by atoms with Crippen LogP contribution in [0.1, 0.15) is 409 Å². The van der Waals surface area contributed by atoms with Crippen molar-refractivity contribution in [3.8, 4) is 0 Å². The van der Waals surface area contributed by atoms with Crippen LogP contribution in [0.25, 0.3) is 0 Å². The van der Waals surface area contributed by atoms with Crippen LogP contribution in [0, 0.1) is 23.7 Å². The van der Waals surface area contributed by atoms with Gasteiger partial charge < -0.3 is 33.8 Å². The summed E-state index contributed by atoms with van der Waals surface area (Å²) in [6.07, 6.45) is 55.8. The van der Waals surface area contributed by atoms with E-state index in [-0.39, 0.29) is 25.7 Å². The Kier molecular flexibility index (Phi) is 67.8. The molecule has 0 aromatic heterocycles. The van der Waals surface area contributed by atoms with Crippen LogP contribution >= 0.6 is 15.6 Å². The third-order valence-electron chi connectivity index (χ3n) is 19.3. The van der Waals surface area contributed by atoms with Gasteiger partial charge >= 0.3 is 39.5 Å². The standard InChI is InChI=1S/C80H156O17P2/c1-9-72(7)58-50-42-33-29-25-21-17-13-11-12-14-18-22-26-30-34-46-54-62-79(84)96-75(66-90-77(82)60-52-44-38-36-41-49-57-71(5)6)68-94-98(86,87)92-64-74(81)65-93-99(88,89)95-69-76(67-91-78(83)61-53-45-39-37-43-51-59-73(8)10-2)97-80(85)63-55-47-35-31-27-23-19-15-16-20-24-28-32-40-48-56-70(3)4/h70-76,81H,9-69H2,1-8H3,(H,86,87)(H,88,89)/t72?,73?,74-,75+,76+/m0/s1. The monoisotopic (exact) mass is 1450 g/mol. The molecule has 4 unspecified atom stereocenters. The summed E-state index contributed by atoms with van der Waals surface area (Å²) in [6.45, 7) is 14.2. The van der Waals surface area contributed by atoms with E-state index in [1.807, 2.05) is 0 Å². The van der Waals surface area contributed by atoms with Crippen molar-refractivity contribution in [2.45, 2.75) is 427 Å². The van der Waals surface area contributed by atoms with Crippen molar-refractivity contribution in [1.82, 2.24) is 0 Å². The summed E-state index contributed by atoms with van der Waals surface area (Å²) in [5.74, 6) is 0.964. The third-order valence-corrected chi connectivity index (χ3v) is 21.2. The third kappa shape index (κ3) is 71.5. The van der Waals surface area contributed by atoms with E-state index in [1.165, 1.54) is 199 Å². The second-order valence-corrected chi connectivity index (χ2v) is 33.1. The zero-order valence-corrected chi connectivity index (χ0v) is 66.9. The van der Waals surface area contributed by atoms with E-state index in [4.69, 9.17) is 37.0 Å². The highest BCUT2D eigenvalue weighted by Gasteiger charge is 2.30. The largest absolute Gasteiger partial charge is 0.472 e. The molecule has 0 rings (SSSR count). The molecule has 0 fully saturated rings. The fourth-order valence-corrected chi connectivity index (χ4v) is 13.8. The maximum Gasteiger partial charge on any atom is 0.472 e. The summed E-state index contributed by atoms with van der Waals surface area (Å²) in [4.78, 5) is 72.9. The molecular weight excluding hydrogens is 1290 g/mol. The second-order valence-electron chi connectivity index (χ2n) is 30.2. The minimum atomic E-state index is -4.96. The second kappa shape index (κ2) is 69.1. The molecule has 0 aromatic rings. The number of aliphatic hydroxyl groups excluding tert-OH is 1. The first-order valence-corrected chi connectivity index (χ1v) is 44.3. The number of carbonyl (C=O) groups excluding carboxylic acids is 4. The highest BCUT2D eigenvalue weighted by molar-refractivity contribution is 7.47. The molecule has 99 heavy (non-hydrogen) atoms. The molecule has 0 bridgehead atoms. The summed E-state index contributed by atoms with van der Waals surface area (Å²) in [5, 5.41) is 10.6. The molecule has 0 radical (unpaired) electrons. The van der Waals surface area contributed by atoms with E-state index in [9.17, 15) is 43.2 Å². The van der Waals surface area contributed by atoms with Gasteiger partial charge in [0.05, 0.1) is 26.4 Å². The summed E-state index contributed by atoms with van der Waals surface area (Å²) >= 11 is 0. The fourth-order valence-electron chi connectivity index (χ4n) is 12.2. The van der Waals surface area contributed by atoms with E-state index in [0.29, 0.717) is 31.6 Å². The summed E-state index contributed by atoms with van der Waals surface area (Å²) in [5.41, 5.74) is 0. The molecule has 0 amide bonds. The number of rotatable bonds is 77. The van der Waals surface area contributed by atoms with Crippen LogP contribution < -0.4 is 0 Å². The zero-order valence-electron chi connectivity index (χ0n) is 65.1. The Morgan fingerprint density at radius 2 is 0.485 bits per heavy atom. The lowest BCUT2D eigenvalue weighted by Gasteiger charge is -2.21. The minimum absolute atomic E-state index is 0.106. The highest BCUT2D eigenvalue weighted by atomic mass is 31.2. The Labute approximate surface area is 607 Å². The van der Waals surface area contributed by atoms with Gasteiger partial charge in [0.2, 0.25) is 0 Å². The molecule has 7 atom stereocenters. The first-order valence-electron chi connectivity index (χ1n) is 41.3. The van der Waals surface area contributed by atoms with Gasteiger partial charge in [-0.15, -0.1) is 0 Å². The molecule has 0 spiro atoms. The molecule has 3 N–H and O–H groups in total. The van der Waals surface area contributed by atoms with Gasteiger partial charge in [0.15, 0.2) is 12.2 Å². The highest BCUT2D eigenvalue weighted by Crippen LogP contribution is 2.45. The molecule has 17 nitrogen and oxygen atoms in total. The number of phosphoric ester groups is 2. The SMILES string of the molecule is CCC(C)CCCCCCCCCCCCCCCCCCCCC(=O)O[C@H](COC(=O)CCCCCCCCC(C)C)COP(=O)(O)OC[C@H](O)COP(=O)(O)OC[C@@H](COC(=O)CCCCCCCCC(C)CC)OC(=O)CCCCCCCCCCCCCCCCCC(C)C. The van der Waals surface area contributed by atoms with Crippen molar-refractivity contribution in [2.24, 2.45) is 23.7 Å². The number of unbranched alkanes of at least 4 members (excludes halogenated alkanes) is 41. The number of aliphatic hydroxyl groups is 1. The molecular formula is C80H156O17P2. The Morgan fingerprint density at radius 3 is 0.717 bits per heavy atom. The lowest BCUT2D eigenvalue weighted by molar-refractivity contribution is -0.161. The number of carbonyl (C=O) groups is 4. The van der Waals surface area contributed by atoms with Gasteiger partial charge in [-0.1, -0.05) is 357 Å². The Hall–Kier alpha value is -1.94. The normalized spacial score (nSPS) is 14.6. The summed E-state index contributed by atoms with van der Waals surface area (Å²) in [7, 11) is -9.92.